The topological polar surface area (TPSA) is 84.0 Å². The van der Waals surface area contributed by atoms with Crippen LogP contribution >= 0.6 is 39.1 Å². The fourth-order valence-electron chi connectivity index (χ4n) is 4.88. The number of nitrogens with zero attached hydrogens (tertiary/aromatic N) is 2. The Kier molecular flexibility index (Phi) is 8.36. The molecule has 1 atom stereocenters. The highest BCUT2D eigenvalue weighted by Crippen LogP contribution is 2.33. The van der Waals surface area contributed by atoms with Gasteiger partial charge in [0.1, 0.15) is 4.90 Å². The van der Waals surface area contributed by atoms with Crippen LogP contribution in [-0.4, -0.2) is 50.3 Å². The number of hydrogen-bond acceptors (Lipinski definition) is 5. The number of piperidine rings is 2. The molecule has 4 rings (SSSR count). The van der Waals surface area contributed by atoms with Gasteiger partial charge in [0.25, 0.3) is 5.91 Å². The van der Waals surface area contributed by atoms with Crippen LogP contribution in [0.5, 0.6) is 0 Å². The summed E-state index contributed by atoms with van der Waals surface area (Å²) in [5, 5.41) is 0.369. The lowest BCUT2D eigenvalue weighted by Gasteiger charge is -2.35. The minimum absolute atomic E-state index is 0.0517. The molecule has 0 saturated carbocycles. The largest absolute Gasteiger partial charge is 0.452 e. The highest BCUT2D eigenvalue weighted by molar-refractivity contribution is 9.10. The second-order valence-corrected chi connectivity index (χ2v) is 12.9. The van der Waals surface area contributed by atoms with Crippen LogP contribution in [0.15, 0.2) is 39.7 Å². The maximum Gasteiger partial charge on any atom is 0.309 e. The number of aryl methyl sites for hydroxylation is 2. The number of rotatable bonds is 5. The molecule has 0 aromatic heterocycles. The van der Waals surface area contributed by atoms with Crippen LogP contribution < -0.4 is 4.90 Å². The zero-order valence-electron chi connectivity index (χ0n) is 20.0. The van der Waals surface area contributed by atoms with E-state index in [-0.39, 0.29) is 33.9 Å². The molecular weight excluding hydrogens is 591 g/mol. The number of anilines is 1. The first kappa shape index (κ1) is 27.4. The quantitative estimate of drug-likeness (QED) is 0.413. The molecule has 36 heavy (non-hydrogen) atoms. The number of amides is 1. The van der Waals surface area contributed by atoms with Gasteiger partial charge >= 0.3 is 5.97 Å². The molecule has 1 amide bonds. The molecule has 2 heterocycles. The van der Waals surface area contributed by atoms with E-state index in [0.29, 0.717) is 25.8 Å². The third-order valence-corrected chi connectivity index (χ3v) is 9.75. The van der Waals surface area contributed by atoms with Crippen molar-refractivity contribution in [3.05, 3.63) is 56.0 Å². The Balaban J connectivity index is 1.40. The summed E-state index contributed by atoms with van der Waals surface area (Å²) < 4.78 is 34.1. The normalized spacial score (nSPS) is 20.0. The number of esters is 1. The first-order chi connectivity index (χ1) is 17.0. The zero-order valence-corrected chi connectivity index (χ0v) is 23.9. The molecule has 2 aliphatic rings. The number of sulfonamides is 1. The van der Waals surface area contributed by atoms with Gasteiger partial charge in [-0.25, -0.2) is 8.42 Å². The van der Waals surface area contributed by atoms with E-state index in [9.17, 15) is 18.0 Å². The number of halogens is 3. The first-order valence-corrected chi connectivity index (χ1v) is 14.7. The lowest BCUT2D eigenvalue weighted by Crippen LogP contribution is -2.48. The van der Waals surface area contributed by atoms with Gasteiger partial charge in [0.05, 0.1) is 10.9 Å². The van der Waals surface area contributed by atoms with Crippen LogP contribution in [0.4, 0.5) is 5.69 Å². The summed E-state index contributed by atoms with van der Waals surface area (Å²) in [7, 11) is -3.85. The fourth-order valence-corrected chi connectivity index (χ4v) is 7.78. The predicted octanol–water partition coefficient (Wildman–Crippen LogP) is 5.51. The van der Waals surface area contributed by atoms with E-state index in [4.69, 9.17) is 27.9 Å². The van der Waals surface area contributed by atoms with Crippen LogP contribution in [0.3, 0.4) is 0 Å². The van der Waals surface area contributed by atoms with Crippen molar-refractivity contribution in [2.45, 2.75) is 50.5 Å². The van der Waals surface area contributed by atoms with Gasteiger partial charge < -0.3 is 9.64 Å². The maximum atomic E-state index is 13.3. The molecule has 1 unspecified atom stereocenters. The van der Waals surface area contributed by atoms with Crippen LogP contribution in [0, 0.1) is 19.8 Å². The Labute approximate surface area is 229 Å². The van der Waals surface area contributed by atoms with Crippen molar-refractivity contribution in [1.82, 2.24) is 4.31 Å². The highest BCUT2D eigenvalue weighted by Gasteiger charge is 2.38. The third kappa shape index (κ3) is 5.60. The second-order valence-electron chi connectivity index (χ2n) is 9.20. The van der Waals surface area contributed by atoms with Gasteiger partial charge in [-0.3, -0.25) is 9.59 Å². The number of carbonyl (C=O) groups is 2. The molecule has 0 bridgehead atoms. The molecule has 2 aromatic carbocycles. The van der Waals surface area contributed by atoms with Crippen molar-refractivity contribution in [3.8, 4) is 0 Å². The lowest BCUT2D eigenvalue weighted by atomic mass is 9.98. The van der Waals surface area contributed by atoms with Crippen LogP contribution in [-0.2, 0) is 24.3 Å². The van der Waals surface area contributed by atoms with Gasteiger partial charge in [0.15, 0.2) is 6.10 Å². The number of ether oxygens (including phenoxy) is 1. The van der Waals surface area contributed by atoms with E-state index >= 15 is 0 Å². The van der Waals surface area contributed by atoms with Gasteiger partial charge in [-0.15, -0.1) is 0 Å². The summed E-state index contributed by atoms with van der Waals surface area (Å²) in [5.41, 5.74) is 2.79. The van der Waals surface area contributed by atoms with Crippen molar-refractivity contribution in [3.63, 3.8) is 0 Å². The smallest absolute Gasteiger partial charge is 0.309 e. The van der Waals surface area contributed by atoms with Crippen LogP contribution in [0.1, 0.15) is 36.8 Å². The molecular formula is C25H27BrCl2N2O5S. The summed E-state index contributed by atoms with van der Waals surface area (Å²) in [4.78, 5) is 27.9. The summed E-state index contributed by atoms with van der Waals surface area (Å²) >= 11 is 15.6. The van der Waals surface area contributed by atoms with Crippen molar-refractivity contribution in [1.29, 1.82) is 0 Å². The van der Waals surface area contributed by atoms with Crippen LogP contribution in [0.2, 0.25) is 10.0 Å². The van der Waals surface area contributed by atoms with E-state index in [1.807, 2.05) is 26.0 Å². The van der Waals surface area contributed by atoms with E-state index in [2.05, 4.69) is 15.9 Å². The highest BCUT2D eigenvalue weighted by atomic mass is 79.9. The van der Waals surface area contributed by atoms with Crippen LogP contribution in [0.25, 0.3) is 0 Å². The molecule has 194 valence electrons. The number of carbonyl (C=O) groups excluding carboxylic acids is 2. The fraction of sp³-hybridized carbons (Fsp3) is 0.440. The Morgan fingerprint density at radius 2 is 1.67 bits per heavy atom. The maximum absolute atomic E-state index is 13.3. The molecule has 2 aromatic rings. The van der Waals surface area contributed by atoms with Crippen molar-refractivity contribution in [2.24, 2.45) is 5.92 Å². The first-order valence-electron chi connectivity index (χ1n) is 11.7. The Morgan fingerprint density at radius 3 is 2.31 bits per heavy atom. The van der Waals surface area contributed by atoms with E-state index in [1.165, 1.54) is 22.5 Å². The molecule has 0 radical (unpaired) electrons. The lowest BCUT2D eigenvalue weighted by molar-refractivity contribution is -0.161. The van der Waals surface area contributed by atoms with Gasteiger partial charge in [-0.1, -0.05) is 39.1 Å². The molecule has 0 spiro atoms. The summed E-state index contributed by atoms with van der Waals surface area (Å²) in [6.07, 6.45) is 0.935. The van der Waals surface area contributed by atoms with Gasteiger partial charge in [-0.2, -0.15) is 4.31 Å². The van der Waals surface area contributed by atoms with Gasteiger partial charge in [0.2, 0.25) is 10.0 Å². The molecule has 2 aliphatic heterocycles. The Bertz CT molecular complexity index is 1270. The molecule has 2 fully saturated rings. The molecule has 0 aliphatic carbocycles. The summed E-state index contributed by atoms with van der Waals surface area (Å²) in [6, 6.07) is 8.23. The van der Waals surface area contributed by atoms with Gasteiger partial charge in [-0.05, 0) is 81.0 Å². The SMILES string of the molecule is Cc1cc(Br)cc(C)c1N1CCCC(OC(=O)C2CCN(S(=O)(=O)c3cc(Cl)ccc3Cl)CC2)C1=O. The number of benzene rings is 2. The van der Waals surface area contributed by atoms with E-state index < -0.39 is 28.0 Å². The molecule has 0 N–H and O–H groups in total. The summed E-state index contributed by atoms with van der Waals surface area (Å²) in [5.74, 6) is -1.17. The second kappa shape index (κ2) is 11.0. The Morgan fingerprint density at radius 1 is 1.03 bits per heavy atom. The summed E-state index contributed by atoms with van der Waals surface area (Å²) in [6.45, 7) is 4.77. The minimum Gasteiger partial charge on any atom is -0.452 e. The molecule has 11 heteroatoms. The minimum atomic E-state index is -3.85. The predicted molar refractivity (Wildman–Crippen MR) is 143 cm³/mol. The average Bonchev–Trinajstić information content (AvgIpc) is 2.82. The van der Waals surface area contributed by atoms with Crippen molar-refractivity contribution in [2.75, 3.05) is 24.5 Å². The number of hydrogen-bond donors (Lipinski definition) is 0. The average molecular weight is 618 g/mol. The molecule has 2 saturated heterocycles. The Hall–Kier alpha value is -1.65. The molecule has 7 nitrogen and oxygen atoms in total. The van der Waals surface area contributed by atoms with E-state index in [1.54, 1.807) is 4.90 Å². The zero-order chi connectivity index (χ0) is 26.2. The van der Waals surface area contributed by atoms with Crippen molar-refractivity contribution < 1.29 is 22.7 Å². The monoisotopic (exact) mass is 616 g/mol. The standard InChI is InChI=1S/C25H27BrCl2N2O5S/c1-15-12-18(26)13-16(2)23(15)30-9-3-4-21(24(30)31)35-25(32)17-7-10-29(11-8-17)36(33,34)22-14-19(27)5-6-20(22)28/h5-6,12-14,17,21H,3-4,7-11H2,1-2H3. The van der Waals surface area contributed by atoms with E-state index in [0.717, 1.165) is 27.7 Å². The van der Waals surface area contributed by atoms with Crippen molar-refractivity contribution >= 4 is 66.7 Å². The third-order valence-electron chi connectivity index (χ3n) is 6.67. The van der Waals surface area contributed by atoms with Gasteiger partial charge in [0, 0.05) is 34.8 Å².